The average Bonchev–Trinajstić information content (AvgIpc) is 2.55. The second kappa shape index (κ2) is 2.60. The number of ketones is 1. The third-order valence-corrected chi connectivity index (χ3v) is 2.33. The molecule has 1 N–H and O–H groups in total. The summed E-state index contributed by atoms with van der Waals surface area (Å²) in [6, 6.07) is 3.47. The van der Waals surface area contributed by atoms with Gasteiger partial charge in [0, 0.05) is 11.6 Å². The molecule has 1 aliphatic rings. The summed E-state index contributed by atoms with van der Waals surface area (Å²) in [5.41, 5.74) is 0.937. The summed E-state index contributed by atoms with van der Waals surface area (Å²) < 4.78 is 0. The van der Waals surface area contributed by atoms with E-state index < -0.39 is 11.7 Å². The van der Waals surface area contributed by atoms with Crippen LogP contribution in [0.1, 0.15) is 10.4 Å². The van der Waals surface area contributed by atoms with E-state index in [2.05, 4.69) is 15.3 Å². The van der Waals surface area contributed by atoms with E-state index in [9.17, 15) is 9.59 Å². The smallest absolute Gasteiger partial charge is 0.298 e. The molecule has 3 heterocycles. The maximum atomic E-state index is 11.5. The van der Waals surface area contributed by atoms with Crippen LogP contribution in [0.15, 0.2) is 24.5 Å². The lowest BCUT2D eigenvalue weighted by Crippen LogP contribution is -2.12. The minimum absolute atomic E-state index is 0.325. The molecule has 5 heteroatoms. The van der Waals surface area contributed by atoms with Gasteiger partial charge in [-0.1, -0.05) is 6.07 Å². The fourth-order valence-corrected chi connectivity index (χ4v) is 1.65. The molecule has 0 saturated heterocycles. The monoisotopic (exact) mass is 199 g/mol. The van der Waals surface area contributed by atoms with Crippen molar-refractivity contribution in [2.24, 2.45) is 0 Å². The molecule has 2 aromatic rings. The van der Waals surface area contributed by atoms with E-state index in [1.165, 1.54) is 6.20 Å². The molecule has 0 bridgehead atoms. The van der Waals surface area contributed by atoms with Crippen LogP contribution in [-0.4, -0.2) is 21.7 Å². The third kappa shape index (κ3) is 0.969. The summed E-state index contributed by atoms with van der Waals surface area (Å²) in [4.78, 5) is 30.7. The Bertz CT molecular complexity index is 607. The minimum Gasteiger partial charge on any atom is -0.303 e. The number of hydrogen-bond donors (Lipinski definition) is 1. The van der Waals surface area contributed by atoms with Crippen molar-refractivity contribution in [1.82, 2.24) is 9.97 Å². The number of rotatable bonds is 0. The Balaban J connectivity index is 2.45. The van der Waals surface area contributed by atoms with Gasteiger partial charge in [0.05, 0.1) is 17.3 Å². The highest BCUT2D eigenvalue weighted by atomic mass is 16.2. The molecular weight excluding hydrogens is 194 g/mol. The van der Waals surface area contributed by atoms with Crippen LogP contribution in [0.25, 0.3) is 10.9 Å². The van der Waals surface area contributed by atoms with Crippen molar-refractivity contribution in [3.05, 3.63) is 30.1 Å². The fourth-order valence-electron chi connectivity index (χ4n) is 1.65. The van der Waals surface area contributed by atoms with E-state index in [4.69, 9.17) is 0 Å². The number of nitrogens with zero attached hydrogens (tertiary/aromatic N) is 2. The molecule has 0 radical (unpaired) electrons. The highest BCUT2D eigenvalue weighted by Crippen LogP contribution is 2.27. The van der Waals surface area contributed by atoms with Crippen LogP contribution < -0.4 is 5.32 Å². The molecule has 1 amide bonds. The Hall–Kier alpha value is -2.30. The van der Waals surface area contributed by atoms with E-state index in [1.807, 2.05) is 0 Å². The molecule has 0 aliphatic carbocycles. The first-order valence-corrected chi connectivity index (χ1v) is 4.37. The molecule has 72 valence electrons. The number of anilines is 1. The highest BCUT2D eigenvalue weighted by Gasteiger charge is 2.31. The fraction of sp³-hybridized carbons (Fsp3) is 0. The van der Waals surface area contributed by atoms with E-state index >= 15 is 0 Å². The second-order valence-electron chi connectivity index (χ2n) is 3.20. The quantitative estimate of drug-likeness (QED) is 0.636. The van der Waals surface area contributed by atoms with Gasteiger partial charge < -0.3 is 5.32 Å². The summed E-state index contributed by atoms with van der Waals surface area (Å²) >= 11 is 0. The standard InChI is InChI=1S/C10H5N3O2/c14-8-7-5-2-1-3-11-6(5)4-12-9(7)13-10(8)15/h1-4H,(H,12,13,14,15). The summed E-state index contributed by atoms with van der Waals surface area (Å²) in [5, 5.41) is 3.07. The average molecular weight is 199 g/mol. The molecule has 0 atom stereocenters. The lowest BCUT2D eigenvalue weighted by atomic mass is 10.1. The molecule has 0 saturated carbocycles. The SMILES string of the molecule is O=C1Nc2ncc3ncccc3c2C1=O. The van der Waals surface area contributed by atoms with Crippen molar-refractivity contribution in [1.29, 1.82) is 0 Å². The van der Waals surface area contributed by atoms with Crippen molar-refractivity contribution in [3.8, 4) is 0 Å². The van der Waals surface area contributed by atoms with Crippen LogP contribution in [0.5, 0.6) is 0 Å². The van der Waals surface area contributed by atoms with Gasteiger partial charge in [0.15, 0.2) is 0 Å². The lowest BCUT2D eigenvalue weighted by molar-refractivity contribution is -0.112. The first-order chi connectivity index (χ1) is 7.27. The Morgan fingerprint density at radius 2 is 2.07 bits per heavy atom. The Morgan fingerprint density at radius 3 is 2.93 bits per heavy atom. The van der Waals surface area contributed by atoms with E-state index in [1.54, 1.807) is 18.3 Å². The van der Waals surface area contributed by atoms with Gasteiger partial charge >= 0.3 is 0 Å². The van der Waals surface area contributed by atoms with Crippen molar-refractivity contribution in [2.75, 3.05) is 5.32 Å². The molecular formula is C10H5N3O2. The van der Waals surface area contributed by atoms with Gasteiger partial charge in [-0.25, -0.2) is 4.98 Å². The van der Waals surface area contributed by atoms with E-state index in [0.717, 1.165) is 0 Å². The maximum absolute atomic E-state index is 11.5. The Kier molecular flexibility index (Phi) is 1.39. The molecule has 0 spiro atoms. The van der Waals surface area contributed by atoms with Crippen molar-refractivity contribution in [3.63, 3.8) is 0 Å². The predicted octanol–water partition coefficient (Wildman–Crippen LogP) is 0.765. The van der Waals surface area contributed by atoms with Gasteiger partial charge in [-0.05, 0) is 6.07 Å². The Morgan fingerprint density at radius 1 is 1.20 bits per heavy atom. The zero-order chi connectivity index (χ0) is 10.4. The number of amides is 1. The molecule has 0 unspecified atom stereocenters. The molecule has 15 heavy (non-hydrogen) atoms. The zero-order valence-electron chi connectivity index (χ0n) is 7.52. The first-order valence-electron chi connectivity index (χ1n) is 4.37. The van der Waals surface area contributed by atoms with Gasteiger partial charge in [-0.2, -0.15) is 0 Å². The largest absolute Gasteiger partial charge is 0.303 e. The van der Waals surface area contributed by atoms with Crippen molar-refractivity contribution in [2.45, 2.75) is 0 Å². The van der Waals surface area contributed by atoms with Crippen LogP contribution >= 0.6 is 0 Å². The topological polar surface area (TPSA) is 72.0 Å². The van der Waals surface area contributed by atoms with Crippen molar-refractivity contribution < 1.29 is 9.59 Å². The summed E-state index contributed by atoms with van der Waals surface area (Å²) in [7, 11) is 0. The van der Waals surface area contributed by atoms with Crippen LogP contribution in [0.3, 0.4) is 0 Å². The van der Waals surface area contributed by atoms with Crippen LogP contribution in [0.4, 0.5) is 5.82 Å². The normalized spacial score (nSPS) is 14.1. The van der Waals surface area contributed by atoms with Crippen molar-refractivity contribution >= 4 is 28.4 Å². The van der Waals surface area contributed by atoms with Crippen LogP contribution in [0.2, 0.25) is 0 Å². The third-order valence-electron chi connectivity index (χ3n) is 2.33. The molecule has 0 fully saturated rings. The summed E-state index contributed by atoms with van der Waals surface area (Å²) in [6.45, 7) is 0. The number of Topliss-reactive ketones (excluding diaryl/α,β-unsaturated/α-hetero) is 1. The van der Waals surface area contributed by atoms with E-state index in [-0.39, 0.29) is 0 Å². The number of nitrogens with one attached hydrogen (secondary N) is 1. The highest BCUT2D eigenvalue weighted by molar-refractivity contribution is 6.53. The van der Waals surface area contributed by atoms with Crippen LogP contribution in [-0.2, 0) is 4.79 Å². The van der Waals surface area contributed by atoms with Crippen LogP contribution in [0, 0.1) is 0 Å². The number of fused-ring (bicyclic) bond motifs is 3. The zero-order valence-corrected chi connectivity index (χ0v) is 7.52. The van der Waals surface area contributed by atoms with Gasteiger partial charge in [-0.3, -0.25) is 14.6 Å². The van der Waals surface area contributed by atoms with E-state index in [0.29, 0.717) is 22.3 Å². The van der Waals surface area contributed by atoms with Gasteiger partial charge in [0.2, 0.25) is 0 Å². The number of aromatic nitrogens is 2. The first kappa shape index (κ1) is 8.05. The molecule has 1 aliphatic heterocycles. The van der Waals surface area contributed by atoms with Gasteiger partial charge in [0.1, 0.15) is 5.82 Å². The molecule has 3 rings (SSSR count). The maximum Gasteiger partial charge on any atom is 0.298 e. The molecule has 2 aromatic heterocycles. The Labute approximate surface area is 84.1 Å². The summed E-state index contributed by atoms with van der Waals surface area (Å²) in [5.74, 6) is -0.851. The molecule has 5 nitrogen and oxygen atoms in total. The van der Waals surface area contributed by atoms with Gasteiger partial charge in [0.25, 0.3) is 11.7 Å². The minimum atomic E-state index is -0.631. The molecule has 0 aromatic carbocycles. The summed E-state index contributed by atoms with van der Waals surface area (Å²) in [6.07, 6.45) is 3.15. The number of carbonyl (C=O) groups is 2. The lowest BCUT2D eigenvalue weighted by Gasteiger charge is -1.99. The number of carbonyl (C=O) groups excluding carboxylic acids is 2. The number of pyridine rings is 2. The number of hydrogen-bond acceptors (Lipinski definition) is 4. The van der Waals surface area contributed by atoms with Gasteiger partial charge in [-0.15, -0.1) is 0 Å². The predicted molar refractivity (Wildman–Crippen MR) is 52.5 cm³/mol. The second-order valence-corrected chi connectivity index (χ2v) is 3.20.